The maximum Gasteiger partial charge on any atom is 0.270 e. The van der Waals surface area contributed by atoms with Gasteiger partial charge in [0.2, 0.25) is 0 Å². The van der Waals surface area contributed by atoms with Crippen LogP contribution in [-0.4, -0.2) is 10.2 Å². The zero-order chi connectivity index (χ0) is 16.6. The van der Waals surface area contributed by atoms with E-state index >= 15 is 0 Å². The molecule has 0 bridgehead atoms. The lowest BCUT2D eigenvalue weighted by molar-refractivity contribution is -0.113. The molecule has 3 rings (SSSR count). The van der Waals surface area contributed by atoms with Crippen molar-refractivity contribution in [3.05, 3.63) is 68.0 Å². The molecule has 0 aromatic heterocycles. The molecule has 0 spiro atoms. The molecule has 0 unspecified atom stereocenters. The number of carbonyl (C=O) groups is 1. The van der Waals surface area contributed by atoms with Gasteiger partial charge >= 0.3 is 0 Å². The Balaban J connectivity index is 1.96. The number of thiocarbonyl (C=S) groups is 1. The molecular weight excluding hydrogens is 393 g/mol. The van der Waals surface area contributed by atoms with E-state index in [-0.39, 0.29) is 5.91 Å². The van der Waals surface area contributed by atoms with Crippen LogP contribution in [0, 0.1) is 0 Å². The summed E-state index contributed by atoms with van der Waals surface area (Å²) in [5.41, 5.74) is 1.35. The van der Waals surface area contributed by atoms with Crippen molar-refractivity contribution in [3.8, 4) is 0 Å². The summed E-state index contributed by atoms with van der Waals surface area (Å²) in [5.74, 6) is -0.201. The highest BCUT2D eigenvalue weighted by molar-refractivity contribution is 8.27. The van der Waals surface area contributed by atoms with Gasteiger partial charge in [-0.05, 0) is 42.0 Å². The predicted octanol–water partition coefficient (Wildman–Crippen LogP) is 6.05. The fourth-order valence-electron chi connectivity index (χ4n) is 2.07. The molecule has 1 aliphatic heterocycles. The third kappa shape index (κ3) is 3.57. The molecular formula is C16H8Cl3NOS2. The highest BCUT2D eigenvalue weighted by Gasteiger charge is 2.33. The monoisotopic (exact) mass is 399 g/mol. The van der Waals surface area contributed by atoms with E-state index in [4.69, 9.17) is 47.0 Å². The summed E-state index contributed by atoms with van der Waals surface area (Å²) in [4.78, 5) is 14.6. The van der Waals surface area contributed by atoms with Gasteiger partial charge < -0.3 is 0 Å². The number of hydrogen-bond acceptors (Lipinski definition) is 3. The van der Waals surface area contributed by atoms with Crippen molar-refractivity contribution in [3.63, 3.8) is 0 Å². The molecule has 1 saturated heterocycles. The number of halogens is 3. The molecule has 0 saturated carbocycles. The Hall–Kier alpha value is -1.04. The molecule has 116 valence electrons. The molecule has 1 heterocycles. The average Bonchev–Trinajstić information content (AvgIpc) is 2.76. The van der Waals surface area contributed by atoms with Crippen molar-refractivity contribution in [1.29, 1.82) is 0 Å². The summed E-state index contributed by atoms with van der Waals surface area (Å²) >= 11 is 24.6. The van der Waals surface area contributed by atoms with Gasteiger partial charge in [-0.2, -0.15) is 0 Å². The van der Waals surface area contributed by atoms with Crippen LogP contribution in [0.3, 0.4) is 0 Å². The number of nitrogens with zero attached hydrogens (tertiary/aromatic N) is 1. The van der Waals surface area contributed by atoms with Gasteiger partial charge in [-0.3, -0.25) is 9.69 Å². The smallest absolute Gasteiger partial charge is 0.268 e. The normalized spacial score (nSPS) is 16.5. The first kappa shape index (κ1) is 16.8. The fraction of sp³-hybridized carbons (Fsp3) is 0. The first-order valence-electron chi connectivity index (χ1n) is 6.44. The fourth-order valence-corrected chi connectivity index (χ4v) is 4.00. The molecule has 1 amide bonds. The zero-order valence-corrected chi connectivity index (χ0v) is 15.3. The predicted molar refractivity (Wildman–Crippen MR) is 104 cm³/mol. The first-order valence-corrected chi connectivity index (χ1v) is 8.80. The molecule has 0 radical (unpaired) electrons. The third-order valence-electron chi connectivity index (χ3n) is 3.11. The van der Waals surface area contributed by atoms with E-state index in [2.05, 4.69) is 0 Å². The highest BCUT2D eigenvalue weighted by Crippen LogP contribution is 2.37. The average molecular weight is 401 g/mol. The Bertz CT molecular complexity index is 851. The number of anilines is 1. The number of thioether (sulfide) groups is 1. The van der Waals surface area contributed by atoms with Crippen LogP contribution in [0.2, 0.25) is 15.1 Å². The molecule has 0 aliphatic carbocycles. The van der Waals surface area contributed by atoms with Crippen LogP contribution in [0.15, 0.2) is 47.4 Å². The Morgan fingerprint density at radius 3 is 2.48 bits per heavy atom. The van der Waals surface area contributed by atoms with Crippen molar-refractivity contribution in [1.82, 2.24) is 0 Å². The van der Waals surface area contributed by atoms with Gasteiger partial charge in [-0.15, -0.1) is 0 Å². The van der Waals surface area contributed by atoms with Gasteiger partial charge in [0.25, 0.3) is 5.91 Å². The van der Waals surface area contributed by atoms with Crippen LogP contribution in [0.1, 0.15) is 5.56 Å². The van der Waals surface area contributed by atoms with E-state index in [0.29, 0.717) is 35.5 Å². The maximum atomic E-state index is 12.6. The van der Waals surface area contributed by atoms with Gasteiger partial charge in [0.15, 0.2) is 4.32 Å². The van der Waals surface area contributed by atoms with E-state index in [9.17, 15) is 4.79 Å². The Kier molecular flexibility index (Phi) is 4.99. The lowest BCUT2D eigenvalue weighted by atomic mass is 10.2. The minimum absolute atomic E-state index is 0.201. The Labute approximate surface area is 158 Å². The topological polar surface area (TPSA) is 20.3 Å². The zero-order valence-electron chi connectivity index (χ0n) is 11.4. The van der Waals surface area contributed by atoms with E-state index < -0.39 is 0 Å². The number of carbonyl (C=O) groups excluding carboxylic acids is 1. The largest absolute Gasteiger partial charge is 0.270 e. The van der Waals surface area contributed by atoms with Crippen LogP contribution in [0.5, 0.6) is 0 Å². The van der Waals surface area contributed by atoms with Crippen molar-refractivity contribution in [2.75, 3.05) is 4.90 Å². The minimum atomic E-state index is -0.201. The number of hydrogen-bond donors (Lipinski definition) is 0. The van der Waals surface area contributed by atoms with Gasteiger partial charge in [0, 0.05) is 15.1 Å². The summed E-state index contributed by atoms with van der Waals surface area (Å²) in [6.45, 7) is 0. The lowest BCUT2D eigenvalue weighted by Crippen LogP contribution is -2.27. The molecule has 0 atom stereocenters. The molecule has 1 aliphatic rings. The Morgan fingerprint density at radius 2 is 1.78 bits per heavy atom. The number of amides is 1. The quantitative estimate of drug-likeness (QED) is 0.452. The second kappa shape index (κ2) is 6.83. The molecule has 2 nitrogen and oxygen atoms in total. The molecule has 0 N–H and O–H groups in total. The summed E-state index contributed by atoms with van der Waals surface area (Å²) < 4.78 is 0.452. The maximum absolute atomic E-state index is 12.6. The lowest BCUT2D eigenvalue weighted by Gasteiger charge is -2.14. The van der Waals surface area contributed by atoms with Gasteiger partial charge in [0.1, 0.15) is 0 Å². The van der Waals surface area contributed by atoms with E-state index in [1.807, 2.05) is 0 Å². The third-order valence-corrected chi connectivity index (χ3v) is 5.21. The van der Waals surface area contributed by atoms with E-state index in [1.165, 1.54) is 16.7 Å². The van der Waals surface area contributed by atoms with Crippen LogP contribution >= 0.6 is 58.8 Å². The molecule has 23 heavy (non-hydrogen) atoms. The Morgan fingerprint density at radius 1 is 1.04 bits per heavy atom. The minimum Gasteiger partial charge on any atom is -0.268 e. The molecule has 1 fully saturated rings. The van der Waals surface area contributed by atoms with E-state index in [0.717, 1.165) is 0 Å². The van der Waals surface area contributed by atoms with Crippen LogP contribution in [-0.2, 0) is 4.79 Å². The van der Waals surface area contributed by atoms with Gasteiger partial charge in [-0.25, -0.2) is 0 Å². The van der Waals surface area contributed by atoms with Crippen molar-refractivity contribution in [2.24, 2.45) is 0 Å². The number of rotatable bonds is 2. The summed E-state index contributed by atoms with van der Waals surface area (Å²) in [5, 5.41) is 1.56. The molecule has 2 aromatic rings. The first-order chi connectivity index (χ1) is 11.0. The molecule has 7 heteroatoms. The molecule has 2 aromatic carbocycles. The van der Waals surface area contributed by atoms with Crippen LogP contribution < -0.4 is 4.90 Å². The standard InChI is InChI=1S/C16H8Cl3NOS2/c17-10-2-1-3-12(7-10)20-15(21)14(23-16(20)22)6-9-4-5-11(18)8-13(9)19/h1-8H. The van der Waals surface area contributed by atoms with Crippen molar-refractivity contribution in [2.45, 2.75) is 0 Å². The van der Waals surface area contributed by atoms with E-state index in [1.54, 1.807) is 48.5 Å². The van der Waals surface area contributed by atoms with Gasteiger partial charge in [0.05, 0.1) is 10.6 Å². The second-order valence-electron chi connectivity index (χ2n) is 4.66. The SMILES string of the molecule is O=C1C(=Cc2ccc(Cl)cc2Cl)SC(=S)N1c1cccc(Cl)c1. The summed E-state index contributed by atoms with van der Waals surface area (Å²) in [6, 6.07) is 12.1. The summed E-state index contributed by atoms with van der Waals surface area (Å²) in [6.07, 6.45) is 1.71. The van der Waals surface area contributed by atoms with Gasteiger partial charge in [-0.1, -0.05) is 70.9 Å². The van der Waals surface area contributed by atoms with Crippen LogP contribution in [0.4, 0.5) is 5.69 Å². The summed E-state index contributed by atoms with van der Waals surface area (Å²) in [7, 11) is 0. The van der Waals surface area contributed by atoms with Crippen molar-refractivity contribution >= 4 is 80.8 Å². The van der Waals surface area contributed by atoms with Crippen LogP contribution in [0.25, 0.3) is 6.08 Å². The van der Waals surface area contributed by atoms with Crippen molar-refractivity contribution < 1.29 is 4.79 Å². The number of benzene rings is 2. The second-order valence-corrected chi connectivity index (χ2v) is 7.62. The highest BCUT2D eigenvalue weighted by atomic mass is 35.5.